The summed E-state index contributed by atoms with van der Waals surface area (Å²) >= 11 is 0. The van der Waals surface area contributed by atoms with E-state index in [9.17, 15) is 61.9 Å². The second kappa shape index (κ2) is 8.04. The fourth-order valence-corrected chi connectivity index (χ4v) is 2.35. The number of esters is 1. The minimum atomic E-state index is -7.99. The third-order valence-electron chi connectivity index (χ3n) is 4.15. The third kappa shape index (κ3) is 4.27. The van der Waals surface area contributed by atoms with E-state index in [1.54, 1.807) is 0 Å². The van der Waals surface area contributed by atoms with E-state index in [2.05, 4.69) is 4.74 Å². The number of hydrogen-bond donors (Lipinski definition) is 0. The van der Waals surface area contributed by atoms with Gasteiger partial charge in [-0.3, -0.25) is 4.79 Å². The molecule has 1 unspecified atom stereocenters. The van der Waals surface area contributed by atoms with Crippen molar-refractivity contribution < 1.29 is 66.6 Å². The highest BCUT2D eigenvalue weighted by Gasteiger charge is 2.90. The molecule has 0 heterocycles. The maximum atomic E-state index is 14.0. The first-order chi connectivity index (χ1) is 13.7. The second-order valence-electron chi connectivity index (χ2n) is 6.19. The predicted octanol–water partition coefficient (Wildman–Crippen LogP) is 6.07. The second-order valence-corrected chi connectivity index (χ2v) is 6.19. The van der Waals surface area contributed by atoms with Crippen LogP contribution in [0.4, 0.5) is 57.1 Å². The van der Waals surface area contributed by atoms with Crippen molar-refractivity contribution in [2.45, 2.75) is 48.1 Å². The van der Waals surface area contributed by atoms with Gasteiger partial charge in [-0.25, -0.2) is 0 Å². The van der Waals surface area contributed by atoms with Gasteiger partial charge in [0.1, 0.15) is 0 Å². The molecule has 0 aliphatic heterocycles. The van der Waals surface area contributed by atoms with Crippen molar-refractivity contribution in [1.82, 2.24) is 0 Å². The van der Waals surface area contributed by atoms with Crippen LogP contribution in [0.15, 0.2) is 30.3 Å². The van der Waals surface area contributed by atoms with Gasteiger partial charge in [0.05, 0.1) is 13.0 Å². The minimum absolute atomic E-state index is 0.541. The summed E-state index contributed by atoms with van der Waals surface area (Å²) in [5.41, 5.74) is -0.541. The Hall–Kier alpha value is -2.22. The Labute approximate surface area is 165 Å². The Morgan fingerprint density at radius 1 is 0.742 bits per heavy atom. The molecule has 0 bridgehead atoms. The molecular formula is C16H11F13O2. The quantitative estimate of drug-likeness (QED) is 0.332. The van der Waals surface area contributed by atoms with Crippen LogP contribution in [0, 0.1) is 0 Å². The van der Waals surface area contributed by atoms with Gasteiger partial charge in [0, 0.05) is 6.42 Å². The number of carbonyl (C=O) groups excluding carboxylic acids is 1. The topological polar surface area (TPSA) is 26.3 Å². The normalized spacial score (nSPS) is 15.5. The molecule has 31 heavy (non-hydrogen) atoms. The molecule has 0 spiro atoms. The average molecular weight is 482 g/mol. The molecule has 15 heteroatoms. The Bertz CT molecular complexity index is 771. The largest absolute Gasteiger partial charge is 0.469 e. The van der Waals surface area contributed by atoms with Gasteiger partial charge in [-0.1, -0.05) is 30.3 Å². The summed E-state index contributed by atoms with van der Waals surface area (Å²) in [5.74, 6) is -41.7. The van der Waals surface area contributed by atoms with Gasteiger partial charge >= 0.3 is 41.8 Å². The summed E-state index contributed by atoms with van der Waals surface area (Å²) in [6.07, 6.45) is -10.2. The van der Waals surface area contributed by atoms with Gasteiger partial charge in [-0.05, 0) is 5.56 Å². The molecule has 178 valence electrons. The summed E-state index contributed by atoms with van der Waals surface area (Å²) < 4.78 is 175. The van der Waals surface area contributed by atoms with Crippen LogP contribution in [0.5, 0.6) is 0 Å². The van der Waals surface area contributed by atoms with Crippen molar-refractivity contribution in [2.24, 2.45) is 0 Å². The van der Waals surface area contributed by atoms with Crippen molar-refractivity contribution in [3.05, 3.63) is 35.9 Å². The Balaban J connectivity index is 3.49. The first-order valence-corrected chi connectivity index (χ1v) is 7.77. The van der Waals surface area contributed by atoms with Gasteiger partial charge in [0.15, 0.2) is 0 Å². The van der Waals surface area contributed by atoms with E-state index >= 15 is 0 Å². The van der Waals surface area contributed by atoms with Gasteiger partial charge < -0.3 is 4.74 Å². The number of rotatable bonds is 8. The number of ether oxygens (including phenoxy) is 1. The fraction of sp³-hybridized carbons (Fsp3) is 0.562. The van der Waals surface area contributed by atoms with E-state index in [0.717, 1.165) is 24.3 Å². The third-order valence-corrected chi connectivity index (χ3v) is 4.15. The zero-order valence-electron chi connectivity index (χ0n) is 14.9. The van der Waals surface area contributed by atoms with Crippen LogP contribution in [0.2, 0.25) is 0 Å². The highest BCUT2D eigenvalue weighted by molar-refractivity contribution is 5.78. The summed E-state index contributed by atoms with van der Waals surface area (Å²) in [6.45, 7) is 0. The molecule has 0 aliphatic rings. The van der Waals surface area contributed by atoms with Crippen LogP contribution in [0.3, 0.4) is 0 Å². The lowest BCUT2D eigenvalue weighted by molar-refractivity contribution is -0.440. The van der Waals surface area contributed by atoms with E-state index in [-0.39, 0.29) is 0 Å². The Morgan fingerprint density at radius 3 is 1.55 bits per heavy atom. The molecular weight excluding hydrogens is 471 g/mol. The number of hydrogen-bond acceptors (Lipinski definition) is 2. The number of methoxy groups -OCH3 is 1. The fourth-order valence-electron chi connectivity index (χ4n) is 2.35. The van der Waals surface area contributed by atoms with Crippen LogP contribution < -0.4 is 0 Å². The van der Waals surface area contributed by atoms with Crippen molar-refractivity contribution in [2.75, 3.05) is 7.11 Å². The minimum Gasteiger partial charge on any atom is -0.469 e. The van der Waals surface area contributed by atoms with Crippen LogP contribution in [0.1, 0.15) is 17.9 Å². The van der Waals surface area contributed by atoms with E-state index in [4.69, 9.17) is 0 Å². The lowest BCUT2D eigenvalue weighted by Crippen LogP contribution is -2.70. The van der Waals surface area contributed by atoms with Crippen molar-refractivity contribution >= 4 is 5.97 Å². The first kappa shape index (κ1) is 26.8. The van der Waals surface area contributed by atoms with Gasteiger partial charge in [-0.2, -0.15) is 57.1 Å². The van der Waals surface area contributed by atoms with Crippen LogP contribution in [-0.2, 0) is 9.53 Å². The highest BCUT2D eigenvalue weighted by Crippen LogP contribution is 2.61. The van der Waals surface area contributed by atoms with E-state index in [1.807, 2.05) is 0 Å². The number of carbonyl (C=O) groups is 1. The molecule has 0 aliphatic carbocycles. The molecule has 0 amide bonds. The molecule has 0 radical (unpaired) electrons. The van der Waals surface area contributed by atoms with Crippen LogP contribution in [0.25, 0.3) is 0 Å². The molecule has 1 atom stereocenters. The zero-order valence-corrected chi connectivity index (χ0v) is 14.9. The molecule has 0 aromatic heterocycles. The molecule has 0 N–H and O–H groups in total. The predicted molar refractivity (Wildman–Crippen MR) is 76.6 cm³/mol. The molecule has 2 nitrogen and oxygen atoms in total. The maximum absolute atomic E-state index is 14.0. The SMILES string of the molecule is COC(=O)C(CC(F)(F)C(F)(F)C(F)(F)C(F)(F)C(F)(F)C(F)(F)F)c1ccccc1. The monoisotopic (exact) mass is 482 g/mol. The molecule has 0 saturated heterocycles. The molecule has 1 aromatic rings. The molecule has 0 fully saturated rings. The van der Waals surface area contributed by atoms with Crippen LogP contribution >= 0.6 is 0 Å². The zero-order chi connectivity index (χ0) is 24.7. The first-order valence-electron chi connectivity index (χ1n) is 7.77. The van der Waals surface area contributed by atoms with Gasteiger partial charge in [-0.15, -0.1) is 0 Å². The standard InChI is InChI=1S/C16H11F13O2/c1-31-10(30)9(8-5-3-2-4-6-8)7-11(17,18)12(19,20)13(21,22)14(23,24)15(25,26)16(27,28)29/h2-6,9H,7H2,1H3. The van der Waals surface area contributed by atoms with Crippen LogP contribution in [-0.4, -0.2) is 48.9 Å². The average Bonchev–Trinajstić information content (AvgIpc) is 2.64. The van der Waals surface area contributed by atoms with E-state index in [0.29, 0.717) is 7.11 Å². The van der Waals surface area contributed by atoms with E-state index in [1.165, 1.54) is 6.07 Å². The number of alkyl halides is 13. The molecule has 1 rings (SSSR count). The molecule has 0 saturated carbocycles. The van der Waals surface area contributed by atoms with Gasteiger partial charge in [0.25, 0.3) is 0 Å². The summed E-state index contributed by atoms with van der Waals surface area (Å²) in [6, 6.07) is 5.13. The number of benzene rings is 1. The lowest BCUT2D eigenvalue weighted by Gasteiger charge is -2.40. The highest BCUT2D eigenvalue weighted by atomic mass is 19.4. The Morgan fingerprint density at radius 2 is 1.16 bits per heavy atom. The number of halogens is 13. The Kier molecular flexibility index (Phi) is 6.95. The van der Waals surface area contributed by atoms with Crippen molar-refractivity contribution in [3.63, 3.8) is 0 Å². The van der Waals surface area contributed by atoms with Crippen molar-refractivity contribution in [3.8, 4) is 0 Å². The summed E-state index contributed by atoms with van der Waals surface area (Å²) in [5, 5.41) is 0. The van der Waals surface area contributed by atoms with Gasteiger partial charge in [0.2, 0.25) is 0 Å². The maximum Gasteiger partial charge on any atom is 0.460 e. The van der Waals surface area contributed by atoms with E-state index < -0.39 is 59.7 Å². The lowest BCUT2D eigenvalue weighted by atomic mass is 9.86. The summed E-state index contributed by atoms with van der Waals surface area (Å²) in [7, 11) is 0.571. The summed E-state index contributed by atoms with van der Waals surface area (Å²) in [4.78, 5) is 11.6. The van der Waals surface area contributed by atoms with Crippen molar-refractivity contribution in [1.29, 1.82) is 0 Å². The molecule has 1 aromatic carbocycles. The smallest absolute Gasteiger partial charge is 0.460 e.